The number of ether oxygens (including phenoxy) is 1. The third-order valence-corrected chi connectivity index (χ3v) is 7.40. The van der Waals surface area contributed by atoms with Crippen molar-refractivity contribution in [2.45, 2.75) is 59.9 Å². The van der Waals surface area contributed by atoms with Crippen molar-refractivity contribution in [2.24, 2.45) is 0 Å². The summed E-state index contributed by atoms with van der Waals surface area (Å²) in [7, 11) is -2.79. The van der Waals surface area contributed by atoms with Crippen LogP contribution < -0.4 is 10.1 Å². The molecule has 1 aliphatic rings. The van der Waals surface area contributed by atoms with Crippen molar-refractivity contribution in [3.05, 3.63) is 54.1 Å². The molecule has 1 aliphatic heterocycles. The van der Waals surface area contributed by atoms with E-state index in [2.05, 4.69) is 10.1 Å². The van der Waals surface area contributed by atoms with E-state index in [0.29, 0.717) is 49.2 Å². The van der Waals surface area contributed by atoms with E-state index in [1.54, 1.807) is 30.9 Å². The molecule has 202 valence electrons. The van der Waals surface area contributed by atoms with Crippen LogP contribution >= 0.6 is 7.52 Å². The molecule has 1 saturated heterocycles. The van der Waals surface area contributed by atoms with E-state index < -0.39 is 13.9 Å². The van der Waals surface area contributed by atoms with Crippen LogP contribution in [0.4, 0.5) is 13.2 Å². The van der Waals surface area contributed by atoms with E-state index in [-0.39, 0.29) is 17.7 Å². The van der Waals surface area contributed by atoms with Crippen molar-refractivity contribution in [2.75, 3.05) is 26.4 Å². The molecule has 1 N–H and O–H groups in total. The van der Waals surface area contributed by atoms with Crippen LogP contribution in [0.2, 0.25) is 0 Å². The molecular formula is C26H38F3N2O4P. The zero-order valence-corrected chi connectivity index (χ0v) is 22.8. The number of alkyl halides is 3. The van der Waals surface area contributed by atoms with Crippen molar-refractivity contribution in [1.29, 1.82) is 0 Å². The Morgan fingerprint density at radius 3 is 2.14 bits per heavy atom. The molecule has 0 aromatic heterocycles. The molecule has 1 heterocycles. The molecule has 10 heteroatoms. The summed E-state index contributed by atoms with van der Waals surface area (Å²) in [5.41, 5.74) is 1.82. The third kappa shape index (κ3) is 9.96. The summed E-state index contributed by atoms with van der Waals surface area (Å²) in [5.74, 6) is -0.533. The number of rotatable bonds is 7. The highest BCUT2D eigenvalue weighted by Crippen LogP contribution is 2.48. The van der Waals surface area contributed by atoms with Gasteiger partial charge in [-0.05, 0) is 55.2 Å². The Balaban J connectivity index is 0.00000154. The van der Waals surface area contributed by atoms with Gasteiger partial charge >= 0.3 is 6.36 Å². The average molecular weight is 531 g/mol. The van der Waals surface area contributed by atoms with Gasteiger partial charge in [0.2, 0.25) is 0 Å². The van der Waals surface area contributed by atoms with Gasteiger partial charge in [-0.3, -0.25) is 9.36 Å². The Labute approximate surface area is 212 Å². The lowest BCUT2D eigenvalue weighted by Gasteiger charge is -2.35. The zero-order valence-electron chi connectivity index (χ0n) is 21.9. The van der Waals surface area contributed by atoms with Crippen molar-refractivity contribution in [1.82, 2.24) is 9.99 Å². The summed E-state index contributed by atoms with van der Waals surface area (Å²) in [6.07, 6.45) is -3.42. The Bertz CT molecular complexity index is 976. The monoisotopic (exact) mass is 530 g/mol. The van der Waals surface area contributed by atoms with Crippen LogP contribution in [-0.2, 0) is 9.09 Å². The maximum absolute atomic E-state index is 12.7. The molecule has 0 radical (unpaired) electrons. The van der Waals surface area contributed by atoms with Crippen LogP contribution in [0.25, 0.3) is 11.1 Å². The topological polar surface area (TPSA) is 67.9 Å². The Hall–Kier alpha value is -2.35. The lowest BCUT2D eigenvalue weighted by atomic mass is 10.0. The van der Waals surface area contributed by atoms with Crippen molar-refractivity contribution in [3.63, 3.8) is 0 Å². The average Bonchev–Trinajstić information content (AvgIpc) is 2.86. The van der Waals surface area contributed by atoms with Gasteiger partial charge in [-0.15, -0.1) is 13.2 Å². The number of amides is 1. The number of hydrogen-bond acceptors (Lipinski definition) is 4. The first kappa shape index (κ1) is 31.7. The van der Waals surface area contributed by atoms with Crippen LogP contribution in [0.1, 0.15) is 57.8 Å². The van der Waals surface area contributed by atoms with Gasteiger partial charge in [-0.2, -0.15) is 0 Å². The number of piperidine rings is 1. The van der Waals surface area contributed by atoms with Crippen LogP contribution in [0.3, 0.4) is 0 Å². The summed E-state index contributed by atoms with van der Waals surface area (Å²) >= 11 is 0. The van der Waals surface area contributed by atoms with Gasteiger partial charge in [-0.1, -0.05) is 52.0 Å². The second kappa shape index (κ2) is 15.0. The fraction of sp³-hybridized carbons (Fsp3) is 0.500. The second-order valence-corrected chi connectivity index (χ2v) is 10.0. The fourth-order valence-electron chi connectivity index (χ4n) is 3.65. The Morgan fingerprint density at radius 1 is 1.03 bits per heavy atom. The SMILES string of the molecule is CC.CC.CCOP(C)(=O)N1CCC(NC(=O)c2cccc(-c3ccc(OC(F)(F)F)cc3)c2)CC1. The van der Waals surface area contributed by atoms with Crippen molar-refractivity contribution in [3.8, 4) is 16.9 Å². The first-order valence-electron chi connectivity index (χ1n) is 12.3. The molecule has 3 rings (SSSR count). The van der Waals surface area contributed by atoms with Crippen LogP contribution in [0.15, 0.2) is 48.5 Å². The number of nitrogens with zero attached hydrogens (tertiary/aromatic N) is 1. The summed E-state index contributed by atoms with van der Waals surface area (Å²) in [4.78, 5) is 12.7. The minimum atomic E-state index is -4.74. The Morgan fingerprint density at radius 2 is 1.61 bits per heavy atom. The number of benzene rings is 2. The molecule has 1 unspecified atom stereocenters. The molecule has 0 aliphatic carbocycles. The summed E-state index contributed by atoms with van der Waals surface area (Å²) in [6, 6.07) is 12.3. The smallest absolute Gasteiger partial charge is 0.406 e. The van der Waals surface area contributed by atoms with E-state index in [1.807, 2.05) is 39.3 Å². The number of hydrogen-bond donors (Lipinski definition) is 1. The highest BCUT2D eigenvalue weighted by Gasteiger charge is 2.32. The quantitative estimate of drug-likeness (QED) is 0.379. The minimum Gasteiger partial charge on any atom is -0.406 e. The van der Waals surface area contributed by atoms with Gasteiger partial charge < -0.3 is 14.6 Å². The fourth-order valence-corrected chi connectivity index (χ4v) is 5.25. The first-order chi connectivity index (χ1) is 17.1. The standard InChI is InChI=1S/C22H26F3N2O4P.2C2H6/c1-3-30-32(2,29)27-13-11-19(12-14-27)26-21(28)18-6-4-5-17(15-18)16-7-9-20(10-8-16)31-22(23,24)25;2*1-2/h4-10,15,19H,3,11-14H2,1-2H3,(H,26,28);2*1-2H3. The highest BCUT2D eigenvalue weighted by molar-refractivity contribution is 7.55. The van der Waals surface area contributed by atoms with Gasteiger partial charge in [0.25, 0.3) is 13.4 Å². The lowest BCUT2D eigenvalue weighted by Crippen LogP contribution is -2.43. The maximum atomic E-state index is 12.7. The molecule has 0 bridgehead atoms. The lowest BCUT2D eigenvalue weighted by molar-refractivity contribution is -0.274. The van der Waals surface area contributed by atoms with Crippen LogP contribution in [-0.4, -0.2) is 49.3 Å². The van der Waals surface area contributed by atoms with Gasteiger partial charge in [0.1, 0.15) is 5.75 Å². The molecule has 6 nitrogen and oxygen atoms in total. The molecule has 1 amide bonds. The summed E-state index contributed by atoms with van der Waals surface area (Å²) in [6.45, 7) is 13.0. The predicted molar refractivity (Wildman–Crippen MR) is 138 cm³/mol. The largest absolute Gasteiger partial charge is 0.573 e. The first-order valence-corrected chi connectivity index (χ1v) is 14.3. The number of nitrogens with one attached hydrogen (secondary N) is 1. The second-order valence-electron chi connectivity index (χ2n) is 7.58. The molecule has 0 saturated carbocycles. The molecular weight excluding hydrogens is 492 g/mol. The van der Waals surface area contributed by atoms with E-state index in [1.165, 1.54) is 24.3 Å². The molecule has 36 heavy (non-hydrogen) atoms. The molecule has 2 aromatic rings. The van der Waals surface area contributed by atoms with Gasteiger partial charge in [0.05, 0.1) is 6.61 Å². The van der Waals surface area contributed by atoms with E-state index in [4.69, 9.17) is 4.52 Å². The molecule has 1 fully saturated rings. The Kier molecular flexibility index (Phi) is 13.2. The van der Waals surface area contributed by atoms with Crippen LogP contribution in [0.5, 0.6) is 5.75 Å². The van der Waals surface area contributed by atoms with Crippen molar-refractivity contribution < 1.29 is 31.8 Å². The van der Waals surface area contributed by atoms with Crippen LogP contribution in [0, 0.1) is 0 Å². The number of carbonyl (C=O) groups excluding carboxylic acids is 1. The summed E-state index contributed by atoms with van der Waals surface area (Å²) < 4.78 is 60.6. The predicted octanol–water partition coefficient (Wildman–Crippen LogP) is 7.36. The van der Waals surface area contributed by atoms with E-state index >= 15 is 0 Å². The van der Waals surface area contributed by atoms with Crippen molar-refractivity contribution >= 4 is 13.4 Å². The minimum absolute atomic E-state index is 0.0390. The number of halogens is 3. The molecule has 1 atom stereocenters. The van der Waals surface area contributed by atoms with Gasteiger partial charge in [0.15, 0.2) is 0 Å². The maximum Gasteiger partial charge on any atom is 0.573 e. The third-order valence-electron chi connectivity index (χ3n) is 5.23. The molecule has 0 spiro atoms. The van der Waals surface area contributed by atoms with Gasteiger partial charge in [-0.25, -0.2) is 4.67 Å². The van der Waals surface area contributed by atoms with E-state index in [9.17, 15) is 22.5 Å². The normalized spacial score (nSPS) is 15.9. The van der Waals surface area contributed by atoms with Gasteiger partial charge in [0, 0.05) is 31.4 Å². The molecule has 2 aromatic carbocycles. The summed E-state index contributed by atoms with van der Waals surface area (Å²) in [5, 5.41) is 3.01. The van der Waals surface area contributed by atoms with E-state index in [0.717, 1.165) is 0 Å². The zero-order chi connectivity index (χ0) is 27.4. The highest BCUT2D eigenvalue weighted by atomic mass is 31.2. The number of carbonyl (C=O) groups is 1.